The molecule has 33 heavy (non-hydrogen) atoms. The zero-order valence-electron chi connectivity index (χ0n) is 17.8. The molecule has 0 heterocycles. The molecule has 1 N–H and O–H groups in total. The average Bonchev–Trinajstić information content (AvgIpc) is 2.81. The van der Waals surface area contributed by atoms with Crippen LogP contribution in [0.1, 0.15) is 12.0 Å². The number of benzene rings is 3. The quantitative estimate of drug-likeness (QED) is 0.367. The molecule has 1 amide bonds. The van der Waals surface area contributed by atoms with Gasteiger partial charge in [0.1, 0.15) is 12.4 Å². The third-order valence-electron chi connectivity index (χ3n) is 4.68. The Bertz CT molecular complexity index is 1160. The summed E-state index contributed by atoms with van der Waals surface area (Å²) < 4.78 is 40.7. The number of hydrogen-bond acceptors (Lipinski definition) is 4. The predicted molar refractivity (Wildman–Crippen MR) is 133 cm³/mol. The smallest absolute Gasteiger partial charge is 0.264 e. The van der Waals surface area contributed by atoms with Gasteiger partial charge < -0.3 is 5.32 Å². The molecule has 174 valence electrons. The molecule has 3 aromatic carbocycles. The molecule has 5 nitrogen and oxygen atoms in total. The summed E-state index contributed by atoms with van der Waals surface area (Å²) in [6.45, 7) is 0.0164. The number of hydrogen-bond donors (Lipinski definition) is 1. The highest BCUT2D eigenvalue weighted by atomic mass is 35.5. The van der Waals surface area contributed by atoms with Gasteiger partial charge in [-0.05, 0) is 66.3 Å². The second-order valence-corrected chi connectivity index (χ2v) is 10.6. The number of halogens is 2. The maximum atomic E-state index is 13.4. The average molecular weight is 507 g/mol. The lowest BCUT2D eigenvalue weighted by atomic mass is 10.2. The van der Waals surface area contributed by atoms with E-state index in [1.807, 2.05) is 24.3 Å². The molecule has 0 atom stereocenters. The fourth-order valence-corrected chi connectivity index (χ4v) is 5.61. The Morgan fingerprint density at radius 3 is 2.42 bits per heavy atom. The second kappa shape index (κ2) is 12.1. The van der Waals surface area contributed by atoms with Crippen molar-refractivity contribution < 1.29 is 17.6 Å². The Morgan fingerprint density at radius 2 is 1.73 bits per heavy atom. The highest BCUT2D eigenvalue weighted by Crippen LogP contribution is 2.23. The molecule has 0 radical (unpaired) electrons. The highest BCUT2D eigenvalue weighted by molar-refractivity contribution is 7.98. The van der Waals surface area contributed by atoms with Crippen LogP contribution < -0.4 is 9.62 Å². The highest BCUT2D eigenvalue weighted by Gasteiger charge is 2.27. The van der Waals surface area contributed by atoms with Crippen molar-refractivity contribution in [1.29, 1.82) is 0 Å². The fourth-order valence-electron chi connectivity index (χ4n) is 3.05. The minimum atomic E-state index is -4.00. The molecule has 0 spiro atoms. The van der Waals surface area contributed by atoms with Crippen molar-refractivity contribution in [3.05, 3.63) is 95.3 Å². The molecule has 9 heteroatoms. The molecule has 0 saturated carbocycles. The lowest BCUT2D eigenvalue weighted by molar-refractivity contribution is -0.119. The van der Waals surface area contributed by atoms with Crippen LogP contribution in [0.5, 0.6) is 0 Å². The van der Waals surface area contributed by atoms with Gasteiger partial charge >= 0.3 is 0 Å². The molecule has 0 aliphatic heterocycles. The van der Waals surface area contributed by atoms with Crippen LogP contribution in [0.25, 0.3) is 0 Å². The Balaban J connectivity index is 1.56. The standard InChI is InChI=1S/C24H24ClFN2O3S2/c25-20-7-4-6-19(16-20)18-32-15-5-14-27-24(29)17-28(22-12-10-21(26)11-13-22)33(30,31)23-8-2-1-3-9-23/h1-4,6-13,16H,5,14-15,17-18H2,(H,27,29). The summed E-state index contributed by atoms with van der Waals surface area (Å²) in [4.78, 5) is 12.6. The first kappa shape index (κ1) is 25.1. The van der Waals surface area contributed by atoms with E-state index < -0.39 is 28.3 Å². The van der Waals surface area contributed by atoms with Gasteiger partial charge in [0.2, 0.25) is 5.91 Å². The molecule has 0 unspecified atom stereocenters. The van der Waals surface area contributed by atoms with Crippen LogP contribution in [0.15, 0.2) is 83.8 Å². The van der Waals surface area contributed by atoms with Crippen LogP contribution in [0.3, 0.4) is 0 Å². The summed E-state index contributed by atoms with van der Waals surface area (Å²) in [5, 5.41) is 3.48. The van der Waals surface area contributed by atoms with E-state index in [1.54, 1.807) is 30.0 Å². The maximum Gasteiger partial charge on any atom is 0.264 e. The molecule has 3 aromatic rings. The zero-order chi connectivity index (χ0) is 23.7. The third-order valence-corrected chi connectivity index (χ3v) is 7.82. The van der Waals surface area contributed by atoms with Crippen molar-refractivity contribution in [3.8, 4) is 0 Å². The van der Waals surface area contributed by atoms with Gasteiger partial charge in [0.15, 0.2) is 0 Å². The van der Waals surface area contributed by atoms with E-state index in [-0.39, 0.29) is 10.6 Å². The van der Waals surface area contributed by atoms with E-state index in [0.717, 1.165) is 39.9 Å². The number of rotatable bonds is 11. The number of carbonyl (C=O) groups is 1. The zero-order valence-corrected chi connectivity index (χ0v) is 20.2. The molecule has 3 rings (SSSR count). The van der Waals surface area contributed by atoms with Gasteiger partial charge in [-0.2, -0.15) is 11.8 Å². The maximum absolute atomic E-state index is 13.4. The second-order valence-electron chi connectivity index (χ2n) is 7.19. The topological polar surface area (TPSA) is 66.5 Å². The first-order valence-electron chi connectivity index (χ1n) is 10.3. The number of sulfonamides is 1. The van der Waals surface area contributed by atoms with Crippen molar-refractivity contribution in [2.45, 2.75) is 17.1 Å². The van der Waals surface area contributed by atoms with Crippen LogP contribution >= 0.6 is 23.4 Å². The van der Waals surface area contributed by atoms with Gasteiger partial charge in [-0.15, -0.1) is 0 Å². The van der Waals surface area contributed by atoms with Crippen LogP contribution in [0.4, 0.5) is 10.1 Å². The molecular formula is C24H24ClFN2O3S2. The van der Waals surface area contributed by atoms with E-state index in [2.05, 4.69) is 5.32 Å². The molecule has 0 aliphatic rings. The minimum absolute atomic E-state index is 0.0551. The van der Waals surface area contributed by atoms with E-state index in [9.17, 15) is 17.6 Å². The van der Waals surface area contributed by atoms with Gasteiger partial charge in [0.05, 0.1) is 10.6 Å². The summed E-state index contributed by atoms with van der Waals surface area (Å²) in [7, 11) is -4.00. The summed E-state index contributed by atoms with van der Waals surface area (Å²) in [5.41, 5.74) is 1.35. The summed E-state index contributed by atoms with van der Waals surface area (Å²) in [6.07, 6.45) is 0.735. The van der Waals surface area contributed by atoms with Crippen molar-refractivity contribution in [2.24, 2.45) is 0 Å². The number of anilines is 1. The number of amides is 1. The van der Waals surface area contributed by atoms with Crippen molar-refractivity contribution in [2.75, 3.05) is 23.1 Å². The Kier molecular flexibility index (Phi) is 9.17. The van der Waals surface area contributed by atoms with E-state index in [4.69, 9.17) is 11.6 Å². The van der Waals surface area contributed by atoms with Crippen molar-refractivity contribution in [1.82, 2.24) is 5.32 Å². The molecular weight excluding hydrogens is 483 g/mol. The molecule has 0 bridgehead atoms. The summed E-state index contributed by atoms with van der Waals surface area (Å²) in [6, 6.07) is 20.5. The largest absolute Gasteiger partial charge is 0.354 e. The monoisotopic (exact) mass is 506 g/mol. The van der Waals surface area contributed by atoms with Gasteiger partial charge in [0, 0.05) is 17.3 Å². The predicted octanol–water partition coefficient (Wildman–Crippen LogP) is 5.11. The van der Waals surface area contributed by atoms with Gasteiger partial charge in [-0.3, -0.25) is 9.10 Å². The Hall–Kier alpha value is -2.55. The van der Waals surface area contributed by atoms with Gasteiger partial charge in [-0.25, -0.2) is 12.8 Å². The molecule has 0 aliphatic carbocycles. The third kappa shape index (κ3) is 7.48. The van der Waals surface area contributed by atoms with Crippen molar-refractivity contribution >= 4 is 45.0 Å². The summed E-state index contributed by atoms with van der Waals surface area (Å²) in [5.74, 6) is 0.730. The number of nitrogens with one attached hydrogen (secondary N) is 1. The van der Waals surface area contributed by atoms with Crippen LogP contribution in [0.2, 0.25) is 5.02 Å². The molecule has 0 aromatic heterocycles. The van der Waals surface area contributed by atoms with Crippen LogP contribution in [-0.2, 0) is 20.6 Å². The van der Waals surface area contributed by atoms with E-state index in [0.29, 0.717) is 11.6 Å². The number of thioether (sulfide) groups is 1. The Morgan fingerprint density at radius 1 is 1.00 bits per heavy atom. The van der Waals surface area contributed by atoms with Crippen LogP contribution in [-0.4, -0.2) is 33.2 Å². The number of nitrogens with zero attached hydrogens (tertiary/aromatic N) is 1. The minimum Gasteiger partial charge on any atom is -0.354 e. The number of carbonyl (C=O) groups excluding carboxylic acids is 1. The normalized spacial score (nSPS) is 11.2. The first-order chi connectivity index (χ1) is 15.9. The van der Waals surface area contributed by atoms with E-state index >= 15 is 0 Å². The van der Waals surface area contributed by atoms with Gasteiger partial charge in [0.25, 0.3) is 10.0 Å². The van der Waals surface area contributed by atoms with Crippen LogP contribution in [0, 0.1) is 5.82 Å². The molecule has 0 fully saturated rings. The fraction of sp³-hybridized carbons (Fsp3) is 0.208. The molecule has 0 saturated heterocycles. The summed E-state index contributed by atoms with van der Waals surface area (Å²) >= 11 is 7.71. The van der Waals surface area contributed by atoms with Gasteiger partial charge in [-0.1, -0.05) is 41.9 Å². The van der Waals surface area contributed by atoms with E-state index in [1.165, 1.54) is 24.3 Å². The SMILES string of the molecule is O=C(CN(c1ccc(F)cc1)S(=O)(=O)c1ccccc1)NCCCSCc1cccc(Cl)c1. The Labute approximate surface area is 203 Å². The lowest BCUT2D eigenvalue weighted by Gasteiger charge is -2.24. The lowest BCUT2D eigenvalue weighted by Crippen LogP contribution is -2.41. The first-order valence-corrected chi connectivity index (χ1v) is 13.3. The van der Waals surface area contributed by atoms with Crippen molar-refractivity contribution in [3.63, 3.8) is 0 Å².